The van der Waals surface area contributed by atoms with E-state index in [1.54, 1.807) is 6.92 Å². The van der Waals surface area contributed by atoms with Crippen molar-refractivity contribution in [2.45, 2.75) is 52.9 Å². The van der Waals surface area contributed by atoms with Gasteiger partial charge in [-0.1, -0.05) is 56.3 Å². The summed E-state index contributed by atoms with van der Waals surface area (Å²) in [5, 5.41) is 2.58. The van der Waals surface area contributed by atoms with E-state index in [2.05, 4.69) is 10.3 Å². The molecule has 0 aliphatic rings. The fourth-order valence-electron chi connectivity index (χ4n) is 4.05. The first-order chi connectivity index (χ1) is 19.6. The van der Waals surface area contributed by atoms with E-state index in [4.69, 9.17) is 23.7 Å². The molecule has 1 N–H and O–H groups in total. The van der Waals surface area contributed by atoms with Crippen LogP contribution in [-0.2, 0) is 19.1 Å². The molecule has 3 aromatic rings. The first-order valence-electron chi connectivity index (χ1n) is 13.2. The number of rotatable bonds is 13. The standard InChI is InChI=1S/C31H36N2O8/c1-19(2)28(41-25-14-10-13-24(17-25)23-11-8-7-9-12-23)21(4)40-31(36)20(3)33-30(35)27-29(39-18-38-22(5)34)26(37-6)15-16-32-27/h7-17,19-21,28H,18H2,1-6H3,(H,33,35)/t20-,21-,28+/m0/s1. The van der Waals surface area contributed by atoms with Crippen molar-refractivity contribution in [3.05, 3.63) is 72.6 Å². The van der Waals surface area contributed by atoms with Gasteiger partial charge in [0.15, 0.2) is 17.2 Å². The molecule has 0 spiro atoms. The van der Waals surface area contributed by atoms with E-state index < -0.39 is 42.9 Å². The predicted molar refractivity (Wildman–Crippen MR) is 152 cm³/mol. The van der Waals surface area contributed by atoms with Gasteiger partial charge in [-0.3, -0.25) is 9.59 Å². The SMILES string of the molecule is COc1ccnc(C(=O)N[C@@H](C)C(=O)O[C@@H](C)[C@H](Oc2cccc(-c3ccccc3)c2)C(C)C)c1OCOC(C)=O. The lowest BCUT2D eigenvalue weighted by Crippen LogP contribution is -2.44. The molecule has 3 rings (SSSR count). The lowest BCUT2D eigenvalue weighted by molar-refractivity contribution is -0.156. The van der Waals surface area contributed by atoms with Gasteiger partial charge in [0.2, 0.25) is 6.79 Å². The van der Waals surface area contributed by atoms with E-state index in [-0.39, 0.29) is 23.1 Å². The Morgan fingerprint density at radius 3 is 2.29 bits per heavy atom. The molecule has 0 bridgehead atoms. The van der Waals surface area contributed by atoms with Crippen molar-refractivity contribution in [2.24, 2.45) is 5.92 Å². The summed E-state index contributed by atoms with van der Waals surface area (Å²) in [7, 11) is 1.39. The lowest BCUT2D eigenvalue weighted by atomic mass is 10.0. The van der Waals surface area contributed by atoms with E-state index in [0.717, 1.165) is 11.1 Å². The maximum atomic E-state index is 13.0. The van der Waals surface area contributed by atoms with Crippen molar-refractivity contribution in [3.63, 3.8) is 0 Å². The van der Waals surface area contributed by atoms with Gasteiger partial charge in [-0.15, -0.1) is 0 Å². The van der Waals surface area contributed by atoms with E-state index in [1.165, 1.54) is 33.2 Å². The van der Waals surface area contributed by atoms with Gasteiger partial charge < -0.3 is 29.0 Å². The number of carbonyl (C=O) groups excluding carboxylic acids is 3. The maximum Gasteiger partial charge on any atom is 0.328 e. The van der Waals surface area contributed by atoms with Gasteiger partial charge in [-0.25, -0.2) is 9.78 Å². The topological polar surface area (TPSA) is 122 Å². The molecule has 0 saturated heterocycles. The first-order valence-corrected chi connectivity index (χ1v) is 13.2. The van der Waals surface area contributed by atoms with Crippen molar-refractivity contribution < 1.29 is 38.1 Å². The minimum absolute atomic E-state index is 0.0148. The number of nitrogens with one attached hydrogen (secondary N) is 1. The van der Waals surface area contributed by atoms with Gasteiger partial charge >= 0.3 is 11.9 Å². The Kier molecular flexibility index (Phi) is 11.1. The second-order valence-corrected chi connectivity index (χ2v) is 9.65. The van der Waals surface area contributed by atoms with Crippen LogP contribution < -0.4 is 19.5 Å². The lowest BCUT2D eigenvalue weighted by Gasteiger charge is -2.29. The number of aromatic nitrogens is 1. The van der Waals surface area contributed by atoms with Gasteiger partial charge in [-0.05, 0) is 43.0 Å². The third kappa shape index (κ3) is 8.69. The molecular weight excluding hydrogens is 528 g/mol. The summed E-state index contributed by atoms with van der Waals surface area (Å²) in [4.78, 5) is 41.1. The maximum absolute atomic E-state index is 13.0. The normalized spacial score (nSPS) is 13.0. The molecule has 0 aliphatic carbocycles. The molecule has 0 fully saturated rings. The van der Waals surface area contributed by atoms with Crippen LogP contribution in [0.4, 0.5) is 0 Å². The zero-order valence-electron chi connectivity index (χ0n) is 24.1. The molecule has 1 amide bonds. The molecule has 0 aliphatic heterocycles. The van der Waals surface area contributed by atoms with Gasteiger partial charge in [0.05, 0.1) is 7.11 Å². The highest BCUT2D eigenvalue weighted by molar-refractivity contribution is 5.98. The number of nitrogens with zero attached hydrogens (tertiary/aromatic N) is 1. The fraction of sp³-hybridized carbons (Fsp3) is 0.355. The van der Waals surface area contributed by atoms with E-state index in [1.807, 2.05) is 68.4 Å². The summed E-state index contributed by atoms with van der Waals surface area (Å²) in [6.07, 6.45) is 0.281. The molecule has 0 saturated carbocycles. The third-order valence-corrected chi connectivity index (χ3v) is 6.11. The Morgan fingerprint density at radius 1 is 0.927 bits per heavy atom. The Morgan fingerprint density at radius 2 is 1.63 bits per heavy atom. The summed E-state index contributed by atoms with van der Waals surface area (Å²) >= 11 is 0. The van der Waals surface area contributed by atoms with Crippen LogP contribution >= 0.6 is 0 Å². The van der Waals surface area contributed by atoms with Crippen LogP contribution in [0.25, 0.3) is 11.1 Å². The third-order valence-electron chi connectivity index (χ3n) is 6.11. The zero-order valence-corrected chi connectivity index (χ0v) is 24.1. The highest BCUT2D eigenvalue weighted by Crippen LogP contribution is 2.30. The summed E-state index contributed by atoms with van der Waals surface area (Å²) < 4.78 is 27.5. The molecule has 1 heterocycles. The molecule has 0 unspecified atom stereocenters. The predicted octanol–water partition coefficient (Wildman–Crippen LogP) is 4.81. The molecule has 2 aromatic carbocycles. The number of esters is 2. The summed E-state index contributed by atoms with van der Waals surface area (Å²) in [5.74, 6) is -1.07. The average Bonchev–Trinajstić information content (AvgIpc) is 2.96. The number of pyridine rings is 1. The van der Waals surface area contributed by atoms with Crippen LogP contribution in [0.2, 0.25) is 0 Å². The highest BCUT2D eigenvalue weighted by Gasteiger charge is 2.30. The summed E-state index contributed by atoms with van der Waals surface area (Å²) in [5.41, 5.74) is 1.92. The number of amides is 1. The van der Waals surface area contributed by atoms with E-state index >= 15 is 0 Å². The van der Waals surface area contributed by atoms with Gasteiger partial charge in [0, 0.05) is 19.2 Å². The number of ether oxygens (including phenoxy) is 5. The number of benzene rings is 2. The summed E-state index contributed by atoms with van der Waals surface area (Å²) in [6, 6.07) is 18.2. The number of hydrogen-bond acceptors (Lipinski definition) is 9. The van der Waals surface area contributed by atoms with E-state index in [9.17, 15) is 14.4 Å². The van der Waals surface area contributed by atoms with Crippen molar-refractivity contribution >= 4 is 17.8 Å². The monoisotopic (exact) mass is 564 g/mol. The molecule has 218 valence electrons. The quantitative estimate of drug-likeness (QED) is 0.230. The molecule has 0 radical (unpaired) electrons. The van der Waals surface area contributed by atoms with Crippen LogP contribution in [0, 0.1) is 5.92 Å². The Labute approximate surface area is 239 Å². The van der Waals surface area contributed by atoms with Gasteiger partial charge in [0.1, 0.15) is 24.0 Å². The Hall–Kier alpha value is -4.60. The van der Waals surface area contributed by atoms with Gasteiger partial charge in [-0.2, -0.15) is 0 Å². The van der Waals surface area contributed by atoms with Crippen LogP contribution in [0.3, 0.4) is 0 Å². The molecule has 41 heavy (non-hydrogen) atoms. The molecular formula is C31H36N2O8. The number of hydrogen-bond donors (Lipinski definition) is 1. The minimum atomic E-state index is -1.02. The van der Waals surface area contributed by atoms with Crippen molar-refractivity contribution in [2.75, 3.05) is 13.9 Å². The molecule has 10 heteroatoms. The fourth-order valence-corrected chi connectivity index (χ4v) is 4.05. The number of carbonyl (C=O) groups is 3. The van der Waals surface area contributed by atoms with Crippen molar-refractivity contribution in [3.8, 4) is 28.4 Å². The molecule has 1 aromatic heterocycles. The smallest absolute Gasteiger partial charge is 0.328 e. The Bertz CT molecular complexity index is 1330. The summed E-state index contributed by atoms with van der Waals surface area (Å²) in [6.45, 7) is 7.99. The molecule has 10 nitrogen and oxygen atoms in total. The first kappa shape index (κ1) is 30.9. The van der Waals surface area contributed by atoms with Crippen molar-refractivity contribution in [1.29, 1.82) is 0 Å². The second kappa shape index (κ2) is 14.7. The van der Waals surface area contributed by atoms with Crippen LogP contribution in [0.15, 0.2) is 66.9 Å². The number of methoxy groups -OCH3 is 1. The average molecular weight is 565 g/mol. The van der Waals surface area contributed by atoms with E-state index in [0.29, 0.717) is 5.75 Å². The minimum Gasteiger partial charge on any atom is -0.493 e. The van der Waals surface area contributed by atoms with Crippen LogP contribution in [-0.4, -0.2) is 55.0 Å². The van der Waals surface area contributed by atoms with Crippen molar-refractivity contribution in [1.82, 2.24) is 10.3 Å². The molecule has 3 atom stereocenters. The highest BCUT2D eigenvalue weighted by atomic mass is 16.7. The zero-order chi connectivity index (χ0) is 29.9. The Balaban J connectivity index is 1.66. The van der Waals surface area contributed by atoms with Crippen LogP contribution in [0.1, 0.15) is 45.1 Å². The largest absolute Gasteiger partial charge is 0.493 e. The van der Waals surface area contributed by atoms with Gasteiger partial charge in [0.25, 0.3) is 5.91 Å². The van der Waals surface area contributed by atoms with Crippen LogP contribution in [0.5, 0.6) is 17.2 Å². The second-order valence-electron chi connectivity index (χ2n) is 9.65.